The van der Waals surface area contributed by atoms with Crippen molar-refractivity contribution in [2.45, 2.75) is 39.5 Å². The third-order valence-electron chi connectivity index (χ3n) is 3.51. The fourth-order valence-electron chi connectivity index (χ4n) is 2.56. The number of anilines is 1. The molecule has 1 aliphatic rings. The minimum absolute atomic E-state index is 0.0260. The maximum atomic E-state index is 13.8. The predicted octanol–water partition coefficient (Wildman–Crippen LogP) is 3.33. The number of Topliss-reactive ketones (excluding diaryl/α,β-unsaturated/α-hetero) is 1. The van der Waals surface area contributed by atoms with Gasteiger partial charge < -0.3 is 5.32 Å². The second-order valence-electron chi connectivity index (χ2n) is 5.08. The van der Waals surface area contributed by atoms with Gasteiger partial charge in [-0.1, -0.05) is 19.8 Å². The lowest BCUT2D eigenvalue weighted by Crippen LogP contribution is -2.09. The second-order valence-corrected chi connectivity index (χ2v) is 5.08. The Morgan fingerprint density at radius 1 is 1.47 bits per heavy atom. The lowest BCUT2D eigenvalue weighted by molar-refractivity contribution is -0.114. The van der Waals surface area contributed by atoms with E-state index < -0.39 is 5.82 Å². The highest BCUT2D eigenvalue weighted by Crippen LogP contribution is 2.33. The van der Waals surface area contributed by atoms with Gasteiger partial charge in [0.05, 0.1) is 5.69 Å². The molecule has 1 aromatic rings. The van der Waals surface area contributed by atoms with Gasteiger partial charge in [-0.2, -0.15) is 0 Å². The molecule has 3 nitrogen and oxygen atoms in total. The maximum absolute atomic E-state index is 13.8. The summed E-state index contributed by atoms with van der Waals surface area (Å²) in [5.41, 5.74) is 1.49. The Balaban J connectivity index is 2.25. The number of carbonyl (C=O) groups is 2. The average molecular weight is 263 g/mol. The number of hydrogen-bond donors (Lipinski definition) is 1. The molecule has 19 heavy (non-hydrogen) atoms. The summed E-state index contributed by atoms with van der Waals surface area (Å²) in [6.45, 7) is 3.42. The van der Waals surface area contributed by atoms with E-state index in [2.05, 4.69) is 12.2 Å². The van der Waals surface area contributed by atoms with E-state index in [0.29, 0.717) is 12.0 Å². The van der Waals surface area contributed by atoms with Crippen LogP contribution in [0.5, 0.6) is 0 Å². The third-order valence-corrected chi connectivity index (χ3v) is 3.51. The number of amides is 1. The Morgan fingerprint density at radius 3 is 2.84 bits per heavy atom. The normalized spacial score (nSPS) is 17.4. The molecule has 2 rings (SSSR count). The first-order valence-electron chi connectivity index (χ1n) is 6.67. The number of nitrogens with one attached hydrogen (secondary N) is 1. The van der Waals surface area contributed by atoms with Gasteiger partial charge in [0, 0.05) is 18.4 Å². The zero-order valence-electron chi connectivity index (χ0n) is 11.3. The van der Waals surface area contributed by atoms with Crippen molar-refractivity contribution in [2.75, 3.05) is 5.32 Å². The Labute approximate surface area is 112 Å². The van der Waals surface area contributed by atoms with Crippen LogP contribution in [0.3, 0.4) is 0 Å². The molecule has 1 aliphatic carbocycles. The monoisotopic (exact) mass is 263 g/mol. The number of hydrogen-bond acceptors (Lipinski definition) is 2. The molecule has 1 amide bonds. The van der Waals surface area contributed by atoms with E-state index >= 15 is 0 Å². The largest absolute Gasteiger partial charge is 0.324 e. The number of rotatable bonds is 4. The van der Waals surface area contributed by atoms with E-state index in [0.717, 1.165) is 24.8 Å². The van der Waals surface area contributed by atoms with Gasteiger partial charge in [-0.3, -0.25) is 9.59 Å². The Kier molecular flexibility index (Phi) is 3.98. The van der Waals surface area contributed by atoms with Crippen LogP contribution in [0.2, 0.25) is 0 Å². The predicted molar refractivity (Wildman–Crippen MR) is 71.8 cm³/mol. The van der Waals surface area contributed by atoms with Crippen molar-refractivity contribution in [1.82, 2.24) is 0 Å². The SMILES string of the molecule is CCCCC1Cc2cc(NC(C)=O)c(F)cc2C1=O. The molecular weight excluding hydrogens is 245 g/mol. The van der Waals surface area contributed by atoms with Gasteiger partial charge >= 0.3 is 0 Å². The molecule has 0 radical (unpaired) electrons. The molecule has 0 fully saturated rings. The Bertz CT molecular complexity index is 525. The summed E-state index contributed by atoms with van der Waals surface area (Å²) in [7, 11) is 0. The van der Waals surface area contributed by atoms with Crippen molar-refractivity contribution < 1.29 is 14.0 Å². The molecule has 0 aromatic heterocycles. The number of benzene rings is 1. The summed E-state index contributed by atoms with van der Waals surface area (Å²) < 4.78 is 13.8. The molecule has 1 unspecified atom stereocenters. The number of fused-ring (bicyclic) bond motifs is 1. The van der Waals surface area contributed by atoms with Gasteiger partial charge in [-0.25, -0.2) is 4.39 Å². The summed E-state index contributed by atoms with van der Waals surface area (Å²) in [6.07, 6.45) is 3.55. The van der Waals surface area contributed by atoms with Gasteiger partial charge in [0.2, 0.25) is 5.91 Å². The van der Waals surface area contributed by atoms with Gasteiger partial charge in [-0.05, 0) is 30.5 Å². The first-order valence-corrected chi connectivity index (χ1v) is 6.67. The molecular formula is C15H18FNO2. The lowest BCUT2D eigenvalue weighted by atomic mass is 9.98. The molecule has 102 valence electrons. The topological polar surface area (TPSA) is 46.2 Å². The van der Waals surface area contributed by atoms with Crippen LogP contribution < -0.4 is 5.32 Å². The first-order chi connectivity index (χ1) is 9.02. The Morgan fingerprint density at radius 2 is 2.21 bits per heavy atom. The fourth-order valence-corrected chi connectivity index (χ4v) is 2.56. The standard InChI is InChI=1S/C15H18FNO2/c1-3-4-5-10-6-11-7-14(17-9(2)18)13(16)8-12(11)15(10)19/h7-8,10H,3-6H2,1-2H3,(H,17,18). The molecule has 1 N–H and O–H groups in total. The highest BCUT2D eigenvalue weighted by atomic mass is 19.1. The Hall–Kier alpha value is -1.71. The molecule has 0 saturated heterocycles. The smallest absolute Gasteiger partial charge is 0.221 e. The van der Waals surface area contributed by atoms with Crippen LogP contribution in [-0.2, 0) is 11.2 Å². The third kappa shape index (κ3) is 2.83. The summed E-state index contributed by atoms with van der Waals surface area (Å²) in [6, 6.07) is 2.85. The van der Waals surface area contributed by atoms with Crippen LogP contribution in [0.1, 0.15) is 49.0 Å². The summed E-state index contributed by atoms with van der Waals surface area (Å²) >= 11 is 0. The maximum Gasteiger partial charge on any atom is 0.221 e. The van der Waals surface area contributed by atoms with E-state index in [4.69, 9.17) is 0 Å². The second kappa shape index (κ2) is 5.51. The van der Waals surface area contributed by atoms with E-state index in [1.807, 2.05) is 0 Å². The highest BCUT2D eigenvalue weighted by molar-refractivity contribution is 6.03. The molecule has 1 aromatic carbocycles. The fraction of sp³-hybridized carbons (Fsp3) is 0.467. The van der Waals surface area contributed by atoms with E-state index in [-0.39, 0.29) is 23.3 Å². The molecule has 0 bridgehead atoms. The number of carbonyl (C=O) groups excluding carboxylic acids is 2. The van der Waals surface area contributed by atoms with Gasteiger partial charge in [0.15, 0.2) is 5.78 Å². The first kappa shape index (κ1) is 13.7. The highest BCUT2D eigenvalue weighted by Gasteiger charge is 2.31. The number of ketones is 1. The quantitative estimate of drug-likeness (QED) is 0.905. The molecule has 1 atom stereocenters. The summed E-state index contributed by atoms with van der Waals surface area (Å²) in [5, 5.41) is 2.45. The minimum atomic E-state index is -0.543. The van der Waals surface area contributed by atoms with Crippen LogP contribution in [0, 0.1) is 11.7 Å². The summed E-state index contributed by atoms with van der Waals surface area (Å²) in [4.78, 5) is 23.1. The van der Waals surface area contributed by atoms with Crippen LogP contribution in [0.25, 0.3) is 0 Å². The van der Waals surface area contributed by atoms with E-state index in [1.54, 1.807) is 6.07 Å². The van der Waals surface area contributed by atoms with Crippen molar-refractivity contribution in [1.29, 1.82) is 0 Å². The van der Waals surface area contributed by atoms with Crippen molar-refractivity contribution in [3.8, 4) is 0 Å². The average Bonchev–Trinajstić information content (AvgIpc) is 2.64. The van der Waals surface area contributed by atoms with Gasteiger partial charge in [0.25, 0.3) is 0 Å². The van der Waals surface area contributed by atoms with Gasteiger partial charge in [0.1, 0.15) is 5.82 Å². The zero-order chi connectivity index (χ0) is 14.0. The van der Waals surface area contributed by atoms with Crippen LogP contribution in [-0.4, -0.2) is 11.7 Å². The zero-order valence-corrected chi connectivity index (χ0v) is 11.3. The minimum Gasteiger partial charge on any atom is -0.324 e. The van der Waals surface area contributed by atoms with Crippen molar-refractivity contribution in [3.05, 3.63) is 29.1 Å². The number of halogens is 1. The van der Waals surface area contributed by atoms with Crippen molar-refractivity contribution in [2.24, 2.45) is 5.92 Å². The van der Waals surface area contributed by atoms with Crippen LogP contribution in [0.15, 0.2) is 12.1 Å². The van der Waals surface area contributed by atoms with Crippen LogP contribution in [0.4, 0.5) is 10.1 Å². The van der Waals surface area contributed by atoms with E-state index in [1.165, 1.54) is 13.0 Å². The molecule has 0 aliphatic heterocycles. The molecule has 0 heterocycles. The van der Waals surface area contributed by atoms with E-state index in [9.17, 15) is 14.0 Å². The van der Waals surface area contributed by atoms with Gasteiger partial charge in [-0.15, -0.1) is 0 Å². The van der Waals surface area contributed by atoms with Crippen molar-refractivity contribution in [3.63, 3.8) is 0 Å². The molecule has 0 saturated carbocycles. The molecule has 0 spiro atoms. The summed E-state index contributed by atoms with van der Waals surface area (Å²) in [5.74, 6) is -0.845. The van der Waals surface area contributed by atoms with Crippen molar-refractivity contribution >= 4 is 17.4 Å². The van der Waals surface area contributed by atoms with Crippen LogP contribution >= 0.6 is 0 Å². The number of unbranched alkanes of at least 4 members (excludes halogenated alkanes) is 1. The lowest BCUT2D eigenvalue weighted by Gasteiger charge is -2.06. The molecule has 4 heteroatoms.